The van der Waals surface area contributed by atoms with Crippen LogP contribution in [-0.2, 0) is 6.42 Å². The van der Waals surface area contributed by atoms with Gasteiger partial charge in [-0.1, -0.05) is 140 Å². The summed E-state index contributed by atoms with van der Waals surface area (Å²) in [5.74, 6) is 0.828. The second-order valence-corrected chi connectivity index (χ2v) is 12.0. The van der Waals surface area contributed by atoms with E-state index in [-0.39, 0.29) is 45.7 Å². The monoisotopic (exact) mass is 634 g/mol. The van der Waals surface area contributed by atoms with E-state index in [1.807, 2.05) is 128 Å². The van der Waals surface area contributed by atoms with Gasteiger partial charge in [0.15, 0.2) is 0 Å². The molecule has 0 aliphatic carbocycles. The third kappa shape index (κ3) is 5.01. The van der Waals surface area contributed by atoms with Gasteiger partial charge in [-0.2, -0.15) is 0 Å². The summed E-state index contributed by atoms with van der Waals surface area (Å²) in [5.41, 5.74) is 7.69. The van der Waals surface area contributed by atoms with Crippen molar-refractivity contribution in [2.75, 3.05) is 0 Å². The molecule has 0 atom stereocenters. The summed E-state index contributed by atoms with van der Waals surface area (Å²) in [7, 11) is 0. The molecule has 0 spiro atoms. The predicted molar refractivity (Wildman–Crippen MR) is 207 cm³/mol. The Bertz CT molecular complexity index is 2950. The minimum absolute atomic E-state index is 0.170. The molecule has 0 bridgehead atoms. The van der Waals surface area contributed by atoms with Crippen molar-refractivity contribution in [1.82, 2.24) is 9.55 Å². The summed E-state index contributed by atoms with van der Waals surface area (Å²) in [6, 6.07) is 38.0. The molecule has 0 aliphatic rings. The Kier molecular flexibility index (Phi) is 5.32. The van der Waals surface area contributed by atoms with Crippen molar-refractivity contribution >= 4 is 32.6 Å². The number of para-hydroxylation sites is 2. The van der Waals surface area contributed by atoms with Crippen LogP contribution in [0.1, 0.15) is 23.7 Å². The third-order valence-electron chi connectivity index (χ3n) is 9.15. The standard InChI is InChI=1S/C47H34N2/c1-2-45-48-43-26-13-14-27-44(43)49(45)38-21-15-20-34(31-38)46-39-22-9-11-24-41(39)47(42-25-12-10-23-40(42)46)37-29-35(32-16-5-3-6-17-32)28-36(30-37)33-18-7-4-8-19-33/h3-31H,2H2,1H3/i9D,10D,11D,12D,22D,23D,24D,25D. The van der Waals surface area contributed by atoms with Gasteiger partial charge >= 0.3 is 0 Å². The first-order chi connectivity index (χ1) is 27.6. The highest BCUT2D eigenvalue weighted by Gasteiger charge is 2.19. The van der Waals surface area contributed by atoms with Crippen molar-refractivity contribution in [2.45, 2.75) is 13.3 Å². The summed E-state index contributed by atoms with van der Waals surface area (Å²) < 4.78 is 75.7. The van der Waals surface area contributed by atoms with Crippen LogP contribution in [0.5, 0.6) is 0 Å². The molecule has 2 heteroatoms. The number of imidazole rings is 1. The number of aromatic nitrogens is 2. The zero-order valence-electron chi connectivity index (χ0n) is 34.7. The van der Waals surface area contributed by atoms with Crippen LogP contribution >= 0.6 is 0 Å². The fourth-order valence-electron chi connectivity index (χ4n) is 6.97. The van der Waals surface area contributed by atoms with E-state index >= 15 is 0 Å². The van der Waals surface area contributed by atoms with Crippen molar-refractivity contribution in [1.29, 1.82) is 0 Å². The topological polar surface area (TPSA) is 17.8 Å². The molecule has 9 rings (SSSR count). The zero-order valence-corrected chi connectivity index (χ0v) is 26.7. The number of benzene rings is 8. The molecule has 0 saturated carbocycles. The smallest absolute Gasteiger partial charge is 0.114 e. The van der Waals surface area contributed by atoms with Gasteiger partial charge < -0.3 is 0 Å². The first-order valence-corrected chi connectivity index (χ1v) is 16.4. The minimum Gasteiger partial charge on any atom is -0.296 e. The molecule has 0 saturated heterocycles. The van der Waals surface area contributed by atoms with Gasteiger partial charge in [-0.05, 0) is 109 Å². The Morgan fingerprint density at radius 2 is 0.980 bits per heavy atom. The van der Waals surface area contributed by atoms with Crippen LogP contribution < -0.4 is 0 Å². The Morgan fingerprint density at radius 1 is 0.490 bits per heavy atom. The number of hydrogen-bond acceptors (Lipinski definition) is 1. The fraction of sp³-hybridized carbons (Fsp3) is 0.0426. The molecule has 8 aromatic carbocycles. The molecule has 0 amide bonds. The molecule has 0 N–H and O–H groups in total. The molecule has 0 unspecified atom stereocenters. The summed E-state index contributed by atoms with van der Waals surface area (Å²) in [4.78, 5) is 4.87. The molecular weight excluding hydrogens is 593 g/mol. The lowest BCUT2D eigenvalue weighted by Gasteiger charge is -2.20. The second kappa shape index (κ2) is 12.1. The van der Waals surface area contributed by atoms with E-state index in [0.717, 1.165) is 44.8 Å². The average molecular weight is 635 g/mol. The number of hydrogen-bond donors (Lipinski definition) is 0. The van der Waals surface area contributed by atoms with E-state index in [9.17, 15) is 5.48 Å². The van der Waals surface area contributed by atoms with Crippen LogP contribution in [0.15, 0.2) is 176 Å². The maximum Gasteiger partial charge on any atom is 0.114 e. The molecule has 232 valence electrons. The largest absolute Gasteiger partial charge is 0.296 e. The van der Waals surface area contributed by atoms with Gasteiger partial charge in [0.2, 0.25) is 0 Å². The van der Waals surface area contributed by atoms with E-state index in [0.29, 0.717) is 28.7 Å². The average Bonchev–Trinajstić information content (AvgIpc) is 3.64. The maximum atomic E-state index is 9.51. The molecular formula is C47H34N2. The van der Waals surface area contributed by atoms with Gasteiger partial charge in [-0.3, -0.25) is 4.57 Å². The van der Waals surface area contributed by atoms with Crippen molar-refractivity contribution in [3.8, 4) is 50.2 Å². The van der Waals surface area contributed by atoms with Crippen molar-refractivity contribution in [2.24, 2.45) is 0 Å². The van der Waals surface area contributed by atoms with Crippen LogP contribution in [0.2, 0.25) is 0 Å². The predicted octanol–water partition coefficient (Wildman–Crippen LogP) is 12.6. The maximum absolute atomic E-state index is 9.51. The van der Waals surface area contributed by atoms with E-state index < -0.39 is 24.2 Å². The summed E-state index contributed by atoms with van der Waals surface area (Å²) >= 11 is 0. The van der Waals surface area contributed by atoms with Gasteiger partial charge in [-0.25, -0.2) is 4.98 Å². The van der Waals surface area contributed by atoms with Gasteiger partial charge in [0.25, 0.3) is 0 Å². The van der Waals surface area contributed by atoms with Crippen LogP contribution in [-0.4, -0.2) is 9.55 Å². The van der Waals surface area contributed by atoms with Gasteiger partial charge in [-0.15, -0.1) is 0 Å². The number of aryl methyl sites for hydroxylation is 1. The minimum atomic E-state index is -0.437. The van der Waals surface area contributed by atoms with Crippen LogP contribution in [0.3, 0.4) is 0 Å². The molecule has 0 fully saturated rings. The lowest BCUT2D eigenvalue weighted by atomic mass is 9.84. The normalized spacial score (nSPS) is 13.7. The Balaban J connectivity index is 1.48. The van der Waals surface area contributed by atoms with Crippen molar-refractivity contribution in [3.05, 3.63) is 182 Å². The molecule has 0 radical (unpaired) electrons. The van der Waals surface area contributed by atoms with Crippen molar-refractivity contribution in [3.63, 3.8) is 0 Å². The third-order valence-corrected chi connectivity index (χ3v) is 9.15. The summed E-state index contributed by atoms with van der Waals surface area (Å²) in [6.45, 7) is 2.03. The number of rotatable bonds is 6. The van der Waals surface area contributed by atoms with E-state index in [1.165, 1.54) is 0 Å². The van der Waals surface area contributed by atoms with Gasteiger partial charge in [0.05, 0.1) is 22.0 Å². The van der Waals surface area contributed by atoms with E-state index in [1.54, 1.807) is 0 Å². The first-order valence-electron chi connectivity index (χ1n) is 20.4. The zero-order chi connectivity index (χ0) is 39.7. The Labute approximate surface area is 297 Å². The summed E-state index contributed by atoms with van der Waals surface area (Å²) in [5, 5.41) is 0.683. The van der Waals surface area contributed by atoms with E-state index in [4.69, 9.17) is 10.5 Å². The van der Waals surface area contributed by atoms with Crippen LogP contribution in [0, 0.1) is 0 Å². The Hall–Kier alpha value is -6.25. The molecule has 9 aromatic rings. The highest BCUT2D eigenvalue weighted by molar-refractivity contribution is 6.21. The van der Waals surface area contributed by atoms with Crippen LogP contribution in [0.25, 0.3) is 82.8 Å². The number of nitrogens with zero attached hydrogens (tertiary/aromatic N) is 2. The highest BCUT2D eigenvalue weighted by Crippen LogP contribution is 2.45. The van der Waals surface area contributed by atoms with Gasteiger partial charge in [0, 0.05) is 12.1 Å². The lowest BCUT2D eigenvalue weighted by Crippen LogP contribution is -2.00. The van der Waals surface area contributed by atoms with E-state index in [2.05, 4.69) is 10.6 Å². The summed E-state index contributed by atoms with van der Waals surface area (Å²) in [6.07, 6.45) is 0.646. The van der Waals surface area contributed by atoms with Crippen LogP contribution in [0.4, 0.5) is 0 Å². The molecule has 2 nitrogen and oxygen atoms in total. The first kappa shape index (κ1) is 21.6. The fourth-order valence-corrected chi connectivity index (χ4v) is 6.97. The quantitative estimate of drug-likeness (QED) is 0.166. The number of fused-ring (bicyclic) bond motifs is 3. The van der Waals surface area contributed by atoms with Gasteiger partial charge in [0.1, 0.15) is 5.82 Å². The second-order valence-electron chi connectivity index (χ2n) is 12.0. The SMILES string of the molecule is [2H]c1c([2H])c([2H])c2c(-c3cccc(-n4c(CC)nc5ccccc54)c3)c3c([2H])c([2H])c([2H])c([2H])c3c(-c3cc(-c4ccccc4)cc(-c4ccccc4)c3)c2c1[2H]. The highest BCUT2D eigenvalue weighted by atomic mass is 15.1. The molecule has 1 heterocycles. The lowest BCUT2D eigenvalue weighted by molar-refractivity contribution is 0.908. The Morgan fingerprint density at radius 3 is 1.55 bits per heavy atom. The molecule has 0 aliphatic heterocycles. The molecule has 49 heavy (non-hydrogen) atoms. The van der Waals surface area contributed by atoms with Crippen molar-refractivity contribution < 1.29 is 11.0 Å². The molecule has 1 aromatic heterocycles.